The number of ether oxygens (including phenoxy) is 1. The van der Waals surface area contributed by atoms with Crippen molar-refractivity contribution in [2.24, 2.45) is 0 Å². The highest BCUT2D eigenvalue weighted by Crippen LogP contribution is 2.26. The third kappa shape index (κ3) is 2.96. The fraction of sp³-hybridized carbons (Fsp3) is 0.188. The van der Waals surface area contributed by atoms with E-state index in [1.807, 2.05) is 19.1 Å². The Morgan fingerprint density at radius 2 is 1.90 bits per heavy atom. The maximum atomic E-state index is 13.3. The molecule has 2 rings (SSSR count). The van der Waals surface area contributed by atoms with Gasteiger partial charge in [0.15, 0.2) is 0 Å². The number of amides is 1. The summed E-state index contributed by atoms with van der Waals surface area (Å²) in [6, 6.07) is 9.63. The molecule has 4 heteroatoms. The first-order valence-electron chi connectivity index (χ1n) is 6.23. The van der Waals surface area contributed by atoms with E-state index in [0.29, 0.717) is 17.0 Å². The lowest BCUT2D eigenvalue weighted by Crippen LogP contribution is -2.14. The molecule has 0 atom stereocenters. The molecule has 3 nitrogen and oxygen atoms in total. The summed E-state index contributed by atoms with van der Waals surface area (Å²) < 4.78 is 18.5. The van der Waals surface area contributed by atoms with E-state index >= 15 is 0 Å². The Kier molecular flexibility index (Phi) is 4.03. The number of carbonyl (C=O) groups excluding carboxylic acids is 1. The largest absolute Gasteiger partial charge is 0.495 e. The zero-order valence-corrected chi connectivity index (χ0v) is 11.7. The molecule has 0 heterocycles. The molecule has 0 aliphatic rings. The van der Waals surface area contributed by atoms with Crippen molar-refractivity contribution in [2.45, 2.75) is 13.8 Å². The molecule has 1 N–H and O–H groups in total. The van der Waals surface area contributed by atoms with Gasteiger partial charge in [0.25, 0.3) is 5.91 Å². The van der Waals surface area contributed by atoms with E-state index in [1.165, 1.54) is 19.2 Å². The third-order valence-corrected chi connectivity index (χ3v) is 3.05. The van der Waals surface area contributed by atoms with Gasteiger partial charge in [-0.1, -0.05) is 12.1 Å². The maximum absolute atomic E-state index is 13.3. The highest BCUT2D eigenvalue weighted by atomic mass is 19.1. The highest BCUT2D eigenvalue weighted by molar-refractivity contribution is 6.06. The molecule has 0 saturated carbocycles. The second-order valence-electron chi connectivity index (χ2n) is 4.62. The van der Waals surface area contributed by atoms with Gasteiger partial charge >= 0.3 is 0 Å². The van der Waals surface area contributed by atoms with E-state index in [4.69, 9.17) is 4.74 Å². The summed E-state index contributed by atoms with van der Waals surface area (Å²) in [6.07, 6.45) is 0. The molecule has 0 saturated heterocycles. The zero-order valence-electron chi connectivity index (χ0n) is 11.7. The van der Waals surface area contributed by atoms with E-state index < -0.39 is 5.82 Å². The van der Waals surface area contributed by atoms with Crippen LogP contribution in [-0.2, 0) is 0 Å². The van der Waals surface area contributed by atoms with Crippen LogP contribution in [0.2, 0.25) is 0 Å². The number of benzene rings is 2. The van der Waals surface area contributed by atoms with Gasteiger partial charge < -0.3 is 10.1 Å². The van der Waals surface area contributed by atoms with Crippen LogP contribution in [0.15, 0.2) is 36.4 Å². The molecule has 0 fully saturated rings. The summed E-state index contributed by atoms with van der Waals surface area (Å²) in [7, 11) is 1.54. The summed E-state index contributed by atoms with van der Waals surface area (Å²) in [5.74, 6) is -0.221. The summed E-state index contributed by atoms with van der Waals surface area (Å²) in [5, 5.41) is 2.76. The van der Waals surface area contributed by atoms with Gasteiger partial charge in [-0.2, -0.15) is 0 Å². The molecular formula is C16H16FNO2. The van der Waals surface area contributed by atoms with Gasteiger partial charge in [0.1, 0.15) is 11.6 Å². The van der Waals surface area contributed by atoms with Gasteiger partial charge in [0.05, 0.1) is 12.8 Å². The molecule has 1 amide bonds. The number of halogens is 1. The number of carbonyl (C=O) groups is 1. The lowest BCUT2D eigenvalue weighted by Gasteiger charge is -2.12. The van der Waals surface area contributed by atoms with Crippen LogP contribution in [0.4, 0.5) is 10.1 Å². The number of nitrogens with one attached hydrogen (secondary N) is 1. The van der Waals surface area contributed by atoms with Crippen molar-refractivity contribution in [3.63, 3.8) is 0 Å². The second kappa shape index (κ2) is 5.74. The van der Waals surface area contributed by atoms with Crippen LogP contribution in [-0.4, -0.2) is 13.0 Å². The number of hydrogen-bond acceptors (Lipinski definition) is 2. The third-order valence-electron chi connectivity index (χ3n) is 3.05. The molecule has 0 aliphatic carbocycles. The lowest BCUT2D eigenvalue weighted by atomic mass is 10.1. The Hall–Kier alpha value is -2.36. The number of aryl methyl sites for hydroxylation is 2. The van der Waals surface area contributed by atoms with Crippen LogP contribution in [0.25, 0.3) is 0 Å². The molecule has 0 aromatic heterocycles. The van der Waals surface area contributed by atoms with Crippen molar-refractivity contribution in [1.82, 2.24) is 0 Å². The van der Waals surface area contributed by atoms with Crippen LogP contribution in [0.3, 0.4) is 0 Å². The van der Waals surface area contributed by atoms with E-state index in [1.54, 1.807) is 19.1 Å². The molecular weight excluding hydrogens is 257 g/mol. The Labute approximate surface area is 117 Å². The fourth-order valence-corrected chi connectivity index (χ4v) is 1.95. The van der Waals surface area contributed by atoms with Crippen molar-refractivity contribution < 1.29 is 13.9 Å². The monoisotopic (exact) mass is 273 g/mol. The molecule has 0 radical (unpaired) electrons. The van der Waals surface area contributed by atoms with Gasteiger partial charge in [-0.3, -0.25) is 4.79 Å². The van der Waals surface area contributed by atoms with E-state index in [9.17, 15) is 9.18 Å². The first-order chi connectivity index (χ1) is 9.51. The molecule has 0 aliphatic heterocycles. The summed E-state index contributed by atoms with van der Waals surface area (Å²) in [5.41, 5.74) is 2.60. The SMILES string of the molecule is COc1ccc(C)cc1NC(=O)c1cc(F)ccc1C. The molecule has 0 spiro atoms. The summed E-state index contributed by atoms with van der Waals surface area (Å²) in [6.45, 7) is 3.68. The Morgan fingerprint density at radius 3 is 2.60 bits per heavy atom. The number of methoxy groups -OCH3 is 1. The average Bonchev–Trinajstić information content (AvgIpc) is 2.41. The second-order valence-corrected chi connectivity index (χ2v) is 4.62. The Bertz CT molecular complexity index is 653. The molecule has 0 bridgehead atoms. The summed E-state index contributed by atoms with van der Waals surface area (Å²) >= 11 is 0. The van der Waals surface area contributed by atoms with Crippen LogP contribution >= 0.6 is 0 Å². The standard InChI is InChI=1S/C16H16FNO2/c1-10-4-7-15(20-3)14(8-10)18-16(19)13-9-12(17)6-5-11(13)2/h4-9H,1-3H3,(H,18,19). The topological polar surface area (TPSA) is 38.3 Å². The Balaban J connectivity index is 2.32. The van der Waals surface area contributed by atoms with Crippen molar-refractivity contribution >= 4 is 11.6 Å². The predicted octanol–water partition coefficient (Wildman–Crippen LogP) is 3.70. The molecule has 20 heavy (non-hydrogen) atoms. The highest BCUT2D eigenvalue weighted by Gasteiger charge is 2.13. The summed E-state index contributed by atoms with van der Waals surface area (Å²) in [4.78, 5) is 12.2. The van der Waals surface area contributed by atoms with Crippen LogP contribution < -0.4 is 10.1 Å². The first kappa shape index (κ1) is 14.1. The molecule has 0 unspecified atom stereocenters. The minimum atomic E-state index is -0.433. The number of anilines is 1. The number of hydrogen-bond donors (Lipinski definition) is 1. The smallest absolute Gasteiger partial charge is 0.256 e. The van der Waals surface area contributed by atoms with E-state index in [0.717, 1.165) is 11.1 Å². The van der Waals surface area contributed by atoms with Crippen LogP contribution in [0.5, 0.6) is 5.75 Å². The van der Waals surface area contributed by atoms with Gasteiger partial charge in [0.2, 0.25) is 0 Å². The van der Waals surface area contributed by atoms with Crippen molar-refractivity contribution in [1.29, 1.82) is 0 Å². The molecule has 2 aromatic carbocycles. The molecule has 2 aromatic rings. The van der Waals surface area contributed by atoms with Gasteiger partial charge in [-0.15, -0.1) is 0 Å². The number of rotatable bonds is 3. The normalized spacial score (nSPS) is 10.2. The zero-order chi connectivity index (χ0) is 14.7. The lowest BCUT2D eigenvalue weighted by molar-refractivity contribution is 0.102. The minimum Gasteiger partial charge on any atom is -0.495 e. The van der Waals surface area contributed by atoms with E-state index in [-0.39, 0.29) is 5.91 Å². The van der Waals surface area contributed by atoms with Gasteiger partial charge in [-0.05, 0) is 49.2 Å². The van der Waals surface area contributed by atoms with Crippen molar-refractivity contribution in [3.8, 4) is 5.75 Å². The van der Waals surface area contributed by atoms with Gasteiger partial charge in [-0.25, -0.2) is 4.39 Å². The predicted molar refractivity (Wildman–Crippen MR) is 76.8 cm³/mol. The van der Waals surface area contributed by atoms with Gasteiger partial charge in [0, 0.05) is 5.56 Å². The average molecular weight is 273 g/mol. The van der Waals surface area contributed by atoms with Crippen molar-refractivity contribution in [3.05, 3.63) is 58.9 Å². The van der Waals surface area contributed by atoms with Crippen molar-refractivity contribution in [2.75, 3.05) is 12.4 Å². The first-order valence-corrected chi connectivity index (χ1v) is 6.23. The minimum absolute atomic E-state index is 0.313. The van der Waals surface area contributed by atoms with Crippen LogP contribution in [0.1, 0.15) is 21.5 Å². The van der Waals surface area contributed by atoms with E-state index in [2.05, 4.69) is 5.32 Å². The quantitative estimate of drug-likeness (QED) is 0.926. The van der Waals surface area contributed by atoms with Crippen LogP contribution in [0, 0.1) is 19.7 Å². The Morgan fingerprint density at radius 1 is 1.15 bits per heavy atom. The fourth-order valence-electron chi connectivity index (χ4n) is 1.95. The molecule has 104 valence electrons. The maximum Gasteiger partial charge on any atom is 0.256 e.